The molecule has 0 bridgehead atoms. The summed E-state index contributed by atoms with van der Waals surface area (Å²) in [4.78, 5) is 15.5. The quantitative estimate of drug-likeness (QED) is 0.526. The molecule has 32 heavy (non-hydrogen) atoms. The smallest absolute Gasteiger partial charge is 0.273 e. The number of nitrogens with one attached hydrogen (secondary N) is 1. The second-order valence-electron chi connectivity index (χ2n) is 7.98. The van der Waals surface area contributed by atoms with Gasteiger partial charge in [0.25, 0.3) is 5.91 Å². The van der Waals surface area contributed by atoms with E-state index in [0.29, 0.717) is 17.9 Å². The summed E-state index contributed by atoms with van der Waals surface area (Å²) < 4.78 is 8.25. The number of para-hydroxylation sites is 1. The van der Waals surface area contributed by atoms with Crippen LogP contribution < -0.4 is 10.1 Å². The number of hydrogen-bond acceptors (Lipinski definition) is 5. The number of carbonyl (C=O) groups is 1. The molecule has 1 aliphatic heterocycles. The van der Waals surface area contributed by atoms with Crippen molar-refractivity contribution in [2.45, 2.75) is 32.2 Å². The van der Waals surface area contributed by atoms with Crippen molar-refractivity contribution in [2.75, 3.05) is 26.7 Å². The van der Waals surface area contributed by atoms with E-state index in [-0.39, 0.29) is 11.9 Å². The molecule has 2 aromatic carbocycles. The number of hydrogen-bond donors (Lipinski definition) is 1. The minimum Gasteiger partial charge on any atom is -0.496 e. The molecule has 0 saturated carbocycles. The number of benzene rings is 2. The van der Waals surface area contributed by atoms with Gasteiger partial charge in [0.2, 0.25) is 0 Å². The zero-order valence-electron chi connectivity index (χ0n) is 18.4. The van der Waals surface area contributed by atoms with E-state index >= 15 is 0 Å². The number of halogens is 1. The molecular weight excluding hydrogens is 470 g/mol. The molecule has 2 heterocycles. The highest BCUT2D eigenvalue weighted by molar-refractivity contribution is 9.10. The first-order valence-corrected chi connectivity index (χ1v) is 11.7. The Hall–Kier alpha value is -2.71. The van der Waals surface area contributed by atoms with Crippen LogP contribution in [-0.4, -0.2) is 52.5 Å². The summed E-state index contributed by atoms with van der Waals surface area (Å²) in [6.45, 7) is 4.36. The van der Waals surface area contributed by atoms with E-state index in [1.165, 1.54) is 19.3 Å². The summed E-state index contributed by atoms with van der Waals surface area (Å²) in [6, 6.07) is 15.8. The fourth-order valence-electron chi connectivity index (χ4n) is 4.27. The van der Waals surface area contributed by atoms with Crippen LogP contribution >= 0.6 is 15.9 Å². The van der Waals surface area contributed by atoms with Crippen molar-refractivity contribution in [2.24, 2.45) is 0 Å². The van der Waals surface area contributed by atoms with Crippen LogP contribution in [0, 0.1) is 6.92 Å². The fraction of sp³-hybridized carbons (Fsp3) is 0.375. The maximum absolute atomic E-state index is 13.1. The molecule has 1 aromatic heterocycles. The highest BCUT2D eigenvalue weighted by Crippen LogP contribution is 2.31. The van der Waals surface area contributed by atoms with Crippen molar-refractivity contribution in [1.29, 1.82) is 0 Å². The lowest BCUT2D eigenvalue weighted by Gasteiger charge is -2.35. The molecule has 1 amide bonds. The highest BCUT2D eigenvalue weighted by Gasteiger charge is 2.26. The predicted octanol–water partition coefficient (Wildman–Crippen LogP) is 4.30. The van der Waals surface area contributed by atoms with Gasteiger partial charge in [0.15, 0.2) is 5.69 Å². The van der Waals surface area contributed by atoms with Crippen molar-refractivity contribution < 1.29 is 9.53 Å². The molecule has 8 heteroatoms. The van der Waals surface area contributed by atoms with Crippen LogP contribution in [0.1, 0.15) is 47.1 Å². The average molecular weight is 498 g/mol. The number of methoxy groups -OCH3 is 1. The minimum absolute atomic E-state index is 0.0378. The molecule has 168 valence electrons. The Kier molecular flexibility index (Phi) is 7.22. The van der Waals surface area contributed by atoms with Crippen LogP contribution in [0.15, 0.2) is 53.0 Å². The van der Waals surface area contributed by atoms with E-state index in [9.17, 15) is 4.79 Å². The zero-order valence-corrected chi connectivity index (χ0v) is 20.0. The first-order chi connectivity index (χ1) is 15.6. The van der Waals surface area contributed by atoms with Crippen LogP contribution in [0.5, 0.6) is 5.75 Å². The van der Waals surface area contributed by atoms with Gasteiger partial charge >= 0.3 is 0 Å². The summed E-state index contributed by atoms with van der Waals surface area (Å²) in [7, 11) is 1.69. The van der Waals surface area contributed by atoms with Crippen LogP contribution in [0.2, 0.25) is 0 Å². The molecule has 1 unspecified atom stereocenters. The van der Waals surface area contributed by atoms with Crippen LogP contribution in [0.25, 0.3) is 5.69 Å². The summed E-state index contributed by atoms with van der Waals surface area (Å²) in [6.07, 6.45) is 3.58. The van der Waals surface area contributed by atoms with Gasteiger partial charge < -0.3 is 10.1 Å². The lowest BCUT2D eigenvalue weighted by atomic mass is 10.0. The summed E-state index contributed by atoms with van der Waals surface area (Å²) >= 11 is 3.48. The Balaban J connectivity index is 1.54. The number of piperidine rings is 1. The van der Waals surface area contributed by atoms with Gasteiger partial charge in [-0.15, -0.1) is 5.10 Å². The van der Waals surface area contributed by atoms with E-state index < -0.39 is 0 Å². The third-order valence-electron chi connectivity index (χ3n) is 5.95. The summed E-state index contributed by atoms with van der Waals surface area (Å²) in [5.74, 6) is 0.620. The predicted molar refractivity (Wildman–Crippen MR) is 127 cm³/mol. The van der Waals surface area contributed by atoms with Gasteiger partial charge in [-0.05, 0) is 57.1 Å². The van der Waals surface area contributed by atoms with E-state index in [1.807, 2.05) is 49.4 Å². The summed E-state index contributed by atoms with van der Waals surface area (Å²) in [5, 5.41) is 11.5. The molecule has 1 atom stereocenters. The van der Waals surface area contributed by atoms with Crippen molar-refractivity contribution in [3.63, 3.8) is 0 Å². The van der Waals surface area contributed by atoms with Gasteiger partial charge in [-0.2, -0.15) is 0 Å². The topological polar surface area (TPSA) is 72.3 Å². The van der Waals surface area contributed by atoms with Crippen molar-refractivity contribution >= 4 is 21.8 Å². The molecule has 4 rings (SSSR count). The first-order valence-electron chi connectivity index (χ1n) is 10.9. The lowest BCUT2D eigenvalue weighted by molar-refractivity contribution is 0.0917. The molecular formula is C24H28BrN5O2. The molecule has 0 spiro atoms. The second-order valence-corrected chi connectivity index (χ2v) is 8.90. The number of nitrogens with zero attached hydrogens (tertiary/aromatic N) is 4. The lowest BCUT2D eigenvalue weighted by Crippen LogP contribution is -2.41. The second kappa shape index (κ2) is 10.3. The fourth-order valence-corrected chi connectivity index (χ4v) is 4.66. The van der Waals surface area contributed by atoms with Crippen molar-refractivity contribution in [3.8, 4) is 11.4 Å². The number of amides is 1. The van der Waals surface area contributed by atoms with Crippen molar-refractivity contribution in [1.82, 2.24) is 25.2 Å². The molecule has 1 N–H and O–H groups in total. The third-order valence-corrected chi connectivity index (χ3v) is 6.44. The molecule has 3 aromatic rings. The number of carbonyl (C=O) groups excluding carboxylic acids is 1. The SMILES string of the molecule is COc1ccccc1C(CNC(=O)c1nnn(-c2cccc(Br)c2)c1C)N1CCCCC1. The van der Waals surface area contributed by atoms with E-state index in [2.05, 4.69) is 42.5 Å². The molecule has 7 nitrogen and oxygen atoms in total. The molecule has 1 fully saturated rings. The average Bonchev–Trinajstić information content (AvgIpc) is 3.21. The zero-order chi connectivity index (χ0) is 22.5. The number of likely N-dealkylation sites (tertiary alicyclic amines) is 1. The van der Waals surface area contributed by atoms with Gasteiger partial charge in [-0.25, -0.2) is 4.68 Å². The largest absolute Gasteiger partial charge is 0.496 e. The van der Waals surface area contributed by atoms with Gasteiger partial charge in [-0.3, -0.25) is 9.69 Å². The van der Waals surface area contributed by atoms with Gasteiger partial charge in [0, 0.05) is 16.6 Å². The van der Waals surface area contributed by atoms with Gasteiger partial charge in [-0.1, -0.05) is 51.8 Å². The molecule has 1 saturated heterocycles. The van der Waals surface area contributed by atoms with Crippen LogP contribution in [-0.2, 0) is 0 Å². The minimum atomic E-state index is -0.222. The Morgan fingerprint density at radius 3 is 2.69 bits per heavy atom. The summed E-state index contributed by atoms with van der Waals surface area (Å²) in [5.41, 5.74) is 2.98. The van der Waals surface area contributed by atoms with Crippen LogP contribution in [0.3, 0.4) is 0 Å². The number of ether oxygens (including phenoxy) is 1. The monoisotopic (exact) mass is 497 g/mol. The van der Waals surface area contributed by atoms with Gasteiger partial charge in [0.1, 0.15) is 5.75 Å². The van der Waals surface area contributed by atoms with E-state index in [4.69, 9.17) is 4.74 Å². The maximum Gasteiger partial charge on any atom is 0.273 e. The molecule has 0 radical (unpaired) electrons. The Morgan fingerprint density at radius 1 is 1.16 bits per heavy atom. The van der Waals surface area contributed by atoms with Gasteiger partial charge in [0.05, 0.1) is 24.5 Å². The normalized spacial score (nSPS) is 15.3. The van der Waals surface area contributed by atoms with E-state index in [1.54, 1.807) is 11.8 Å². The maximum atomic E-state index is 13.1. The van der Waals surface area contributed by atoms with Crippen LogP contribution in [0.4, 0.5) is 0 Å². The highest BCUT2D eigenvalue weighted by atomic mass is 79.9. The Bertz CT molecular complexity index is 1080. The van der Waals surface area contributed by atoms with E-state index in [0.717, 1.165) is 34.6 Å². The third kappa shape index (κ3) is 4.86. The first kappa shape index (κ1) is 22.5. The standard InChI is InChI=1S/C24H28BrN5O2/c1-17-23(27-28-30(17)19-10-8-9-18(25)15-19)24(31)26-16-21(29-13-6-3-7-14-29)20-11-4-5-12-22(20)32-2/h4-5,8-12,15,21H,3,6-7,13-14,16H2,1-2H3,(H,26,31). The number of rotatable bonds is 7. The van der Waals surface area contributed by atoms with Crippen molar-refractivity contribution in [3.05, 3.63) is 70.0 Å². The number of aromatic nitrogens is 3. The Morgan fingerprint density at radius 2 is 1.94 bits per heavy atom. The molecule has 1 aliphatic rings. The molecule has 0 aliphatic carbocycles. The Labute approximate surface area is 196 Å².